The van der Waals surface area contributed by atoms with Crippen LogP contribution in [0.4, 0.5) is 5.13 Å². The first-order valence-corrected chi connectivity index (χ1v) is 11.1. The van der Waals surface area contributed by atoms with Crippen molar-refractivity contribution in [3.63, 3.8) is 0 Å². The lowest BCUT2D eigenvalue weighted by atomic mass is 10.0. The molecule has 150 valence electrons. The minimum Gasteiger partial charge on any atom is -0.343 e. The molecular formula is C24H26ClN3S. The van der Waals surface area contributed by atoms with Gasteiger partial charge in [0, 0.05) is 28.6 Å². The number of hydrogen-bond acceptors (Lipinski definition) is 4. The van der Waals surface area contributed by atoms with Crippen molar-refractivity contribution in [2.75, 3.05) is 11.4 Å². The van der Waals surface area contributed by atoms with E-state index in [1.54, 1.807) is 11.3 Å². The minimum atomic E-state index is 0.474. The predicted octanol–water partition coefficient (Wildman–Crippen LogP) is 6.89. The Morgan fingerprint density at radius 2 is 1.93 bits per heavy atom. The molecule has 0 saturated carbocycles. The fraction of sp³-hybridized carbons (Fsp3) is 0.333. The maximum Gasteiger partial charge on any atom is 0.186 e. The van der Waals surface area contributed by atoms with Crippen LogP contribution in [0, 0.1) is 24.2 Å². The van der Waals surface area contributed by atoms with Gasteiger partial charge in [-0.1, -0.05) is 61.8 Å². The number of thiazole rings is 1. The van der Waals surface area contributed by atoms with E-state index in [1.807, 2.05) is 31.2 Å². The fourth-order valence-electron chi connectivity index (χ4n) is 3.23. The highest BCUT2D eigenvalue weighted by Crippen LogP contribution is 2.36. The van der Waals surface area contributed by atoms with E-state index in [0.717, 1.165) is 39.9 Å². The van der Waals surface area contributed by atoms with E-state index in [4.69, 9.17) is 21.8 Å². The van der Waals surface area contributed by atoms with E-state index in [1.165, 1.54) is 10.4 Å². The van der Waals surface area contributed by atoms with Gasteiger partial charge in [0.05, 0.1) is 18.2 Å². The highest BCUT2D eigenvalue weighted by molar-refractivity contribution is 7.16. The normalized spacial score (nSPS) is 10.9. The van der Waals surface area contributed by atoms with Gasteiger partial charge in [-0.25, -0.2) is 4.98 Å². The Morgan fingerprint density at radius 1 is 1.17 bits per heavy atom. The van der Waals surface area contributed by atoms with Gasteiger partial charge in [-0.15, -0.1) is 11.3 Å². The molecular weight excluding hydrogens is 398 g/mol. The number of benzene rings is 2. The Labute approximate surface area is 182 Å². The maximum atomic E-state index is 9.14. The Morgan fingerprint density at radius 3 is 2.59 bits per heavy atom. The molecule has 0 aliphatic rings. The molecule has 1 heterocycles. The van der Waals surface area contributed by atoms with Crippen molar-refractivity contribution in [3.05, 3.63) is 69.6 Å². The second kappa shape index (κ2) is 9.91. The zero-order chi connectivity index (χ0) is 20.8. The molecule has 0 fully saturated rings. The Hall–Kier alpha value is -2.35. The molecule has 3 aromatic rings. The zero-order valence-electron chi connectivity index (χ0n) is 17.2. The van der Waals surface area contributed by atoms with Crippen LogP contribution in [0.15, 0.2) is 48.5 Å². The summed E-state index contributed by atoms with van der Waals surface area (Å²) in [6.45, 7) is 7.90. The molecule has 0 aliphatic carbocycles. The molecule has 0 amide bonds. The van der Waals surface area contributed by atoms with Crippen molar-refractivity contribution in [3.8, 4) is 17.3 Å². The van der Waals surface area contributed by atoms with Crippen LogP contribution in [0.25, 0.3) is 11.3 Å². The Kier molecular flexibility index (Phi) is 7.30. The topological polar surface area (TPSA) is 39.9 Å². The number of aromatic nitrogens is 1. The number of hydrogen-bond donors (Lipinski definition) is 0. The quantitative estimate of drug-likeness (QED) is 0.396. The first-order chi connectivity index (χ1) is 14.0. The van der Waals surface area contributed by atoms with Crippen molar-refractivity contribution in [2.45, 2.75) is 40.2 Å². The van der Waals surface area contributed by atoms with Crippen molar-refractivity contribution < 1.29 is 0 Å². The lowest BCUT2D eigenvalue weighted by Crippen LogP contribution is -2.23. The van der Waals surface area contributed by atoms with Gasteiger partial charge in [0.15, 0.2) is 5.13 Å². The summed E-state index contributed by atoms with van der Waals surface area (Å²) in [5.74, 6) is 0.539. The van der Waals surface area contributed by atoms with Crippen LogP contribution < -0.4 is 4.90 Å². The SMILES string of the molecule is Cc1cc(-c2nc(N(CCC#N)Cc3ccccc3)sc2CC(C)C)ccc1Cl. The van der Waals surface area contributed by atoms with Crippen LogP contribution in [0.5, 0.6) is 0 Å². The van der Waals surface area contributed by atoms with Crippen molar-refractivity contribution >= 4 is 28.1 Å². The number of nitrogens with zero attached hydrogens (tertiary/aromatic N) is 3. The summed E-state index contributed by atoms with van der Waals surface area (Å²) in [7, 11) is 0. The van der Waals surface area contributed by atoms with E-state index < -0.39 is 0 Å². The van der Waals surface area contributed by atoms with E-state index in [-0.39, 0.29) is 0 Å². The van der Waals surface area contributed by atoms with Gasteiger partial charge in [0.1, 0.15) is 0 Å². The van der Waals surface area contributed by atoms with Crippen LogP contribution in [0.2, 0.25) is 5.02 Å². The molecule has 0 atom stereocenters. The Balaban J connectivity index is 2.00. The summed E-state index contributed by atoms with van der Waals surface area (Å²) in [5.41, 5.74) is 4.41. The lowest BCUT2D eigenvalue weighted by molar-refractivity contribution is 0.654. The van der Waals surface area contributed by atoms with Gasteiger partial charge >= 0.3 is 0 Å². The van der Waals surface area contributed by atoms with Gasteiger partial charge in [-0.3, -0.25) is 0 Å². The van der Waals surface area contributed by atoms with Crippen LogP contribution >= 0.6 is 22.9 Å². The lowest BCUT2D eigenvalue weighted by Gasteiger charge is -2.20. The maximum absolute atomic E-state index is 9.14. The molecule has 1 aromatic heterocycles. The van der Waals surface area contributed by atoms with Gasteiger partial charge in [0.25, 0.3) is 0 Å². The van der Waals surface area contributed by atoms with E-state index in [0.29, 0.717) is 18.9 Å². The van der Waals surface area contributed by atoms with Crippen LogP contribution in [-0.2, 0) is 13.0 Å². The highest BCUT2D eigenvalue weighted by Gasteiger charge is 2.19. The molecule has 0 saturated heterocycles. The minimum absolute atomic E-state index is 0.474. The summed E-state index contributed by atoms with van der Waals surface area (Å²) in [6, 6.07) is 18.7. The average Bonchev–Trinajstić information content (AvgIpc) is 3.11. The molecule has 3 rings (SSSR count). The highest BCUT2D eigenvalue weighted by atomic mass is 35.5. The summed E-state index contributed by atoms with van der Waals surface area (Å²) >= 11 is 7.98. The molecule has 5 heteroatoms. The number of rotatable bonds is 8. The molecule has 0 N–H and O–H groups in total. The molecule has 0 aliphatic heterocycles. The summed E-state index contributed by atoms with van der Waals surface area (Å²) in [6.07, 6.45) is 1.45. The molecule has 0 bridgehead atoms. The van der Waals surface area contributed by atoms with Gasteiger partial charge in [0.2, 0.25) is 0 Å². The predicted molar refractivity (Wildman–Crippen MR) is 124 cm³/mol. The third-order valence-corrected chi connectivity index (χ3v) is 6.25. The zero-order valence-corrected chi connectivity index (χ0v) is 18.7. The third-order valence-electron chi connectivity index (χ3n) is 4.69. The number of halogens is 1. The van der Waals surface area contributed by atoms with E-state index >= 15 is 0 Å². The van der Waals surface area contributed by atoms with Gasteiger partial charge < -0.3 is 4.90 Å². The molecule has 0 unspecified atom stereocenters. The summed E-state index contributed by atoms with van der Waals surface area (Å²) < 4.78 is 0. The second-order valence-corrected chi connectivity index (χ2v) is 9.11. The molecule has 0 radical (unpaired) electrons. The van der Waals surface area contributed by atoms with Gasteiger partial charge in [-0.05, 0) is 42.5 Å². The summed E-state index contributed by atoms with van der Waals surface area (Å²) in [5, 5.41) is 10.9. The first kappa shape index (κ1) is 21.4. The van der Waals surface area contributed by atoms with Crippen molar-refractivity contribution in [2.24, 2.45) is 5.92 Å². The Bertz CT molecular complexity index is 989. The smallest absolute Gasteiger partial charge is 0.186 e. The van der Waals surface area contributed by atoms with Gasteiger partial charge in [-0.2, -0.15) is 5.26 Å². The van der Waals surface area contributed by atoms with E-state index in [9.17, 15) is 0 Å². The van der Waals surface area contributed by atoms with E-state index in [2.05, 4.69) is 49.1 Å². The first-order valence-electron chi connectivity index (χ1n) is 9.90. The number of anilines is 1. The summed E-state index contributed by atoms with van der Waals surface area (Å²) in [4.78, 5) is 8.55. The monoisotopic (exact) mass is 423 g/mol. The average molecular weight is 424 g/mol. The van der Waals surface area contributed by atoms with Crippen LogP contribution in [-0.4, -0.2) is 11.5 Å². The molecule has 0 spiro atoms. The second-order valence-electron chi connectivity index (χ2n) is 7.65. The fourth-order valence-corrected chi connectivity index (χ4v) is 4.67. The molecule has 2 aromatic carbocycles. The van der Waals surface area contributed by atoms with Crippen molar-refractivity contribution in [1.29, 1.82) is 5.26 Å². The molecule has 29 heavy (non-hydrogen) atoms. The standard InChI is InChI=1S/C24H26ClN3S/c1-17(2)14-22-23(20-10-11-21(25)18(3)15-20)27-24(29-22)28(13-7-12-26)16-19-8-5-4-6-9-19/h4-6,8-11,15,17H,7,13-14,16H2,1-3H3. The molecule has 3 nitrogen and oxygen atoms in total. The van der Waals surface area contributed by atoms with Crippen LogP contribution in [0.3, 0.4) is 0 Å². The third kappa shape index (κ3) is 5.59. The van der Waals surface area contributed by atoms with Crippen molar-refractivity contribution in [1.82, 2.24) is 4.98 Å². The van der Waals surface area contributed by atoms with Crippen LogP contribution in [0.1, 0.15) is 36.3 Å². The largest absolute Gasteiger partial charge is 0.343 e. The number of nitriles is 1. The number of aryl methyl sites for hydroxylation is 1.